The first-order valence-electron chi connectivity index (χ1n) is 5.01. The first-order chi connectivity index (χ1) is 7.02. The third kappa shape index (κ3) is 1.43. The maximum absolute atomic E-state index is 11.5. The molecule has 5 heteroatoms. The number of β-lactam (4-membered cyclic amide) rings is 1. The summed E-state index contributed by atoms with van der Waals surface area (Å²) in [4.78, 5) is 13.2. The van der Waals surface area contributed by atoms with Crippen molar-refractivity contribution in [2.24, 2.45) is 5.73 Å². The summed E-state index contributed by atoms with van der Waals surface area (Å²) >= 11 is 0. The first-order valence-corrected chi connectivity index (χ1v) is 5.01. The van der Waals surface area contributed by atoms with Crippen LogP contribution in [0, 0.1) is 13.8 Å². The molecule has 2 heterocycles. The minimum atomic E-state index is -0.326. The molecule has 1 aliphatic heterocycles. The highest BCUT2D eigenvalue weighted by Crippen LogP contribution is 2.29. The Hall–Kier alpha value is -1.36. The number of likely N-dealkylation sites (tertiary alicyclic amines) is 1. The molecule has 5 nitrogen and oxygen atoms in total. The normalized spacial score (nSPS) is 22.8. The van der Waals surface area contributed by atoms with Crippen LogP contribution in [-0.4, -0.2) is 28.6 Å². The van der Waals surface area contributed by atoms with E-state index in [1.165, 1.54) is 0 Å². The Balaban J connectivity index is 2.22. The molecule has 0 spiro atoms. The molecule has 1 aliphatic rings. The molecule has 2 atom stereocenters. The summed E-state index contributed by atoms with van der Waals surface area (Å²) in [7, 11) is 0. The molecule has 1 aromatic rings. The highest BCUT2D eigenvalue weighted by Gasteiger charge is 2.38. The number of aromatic nitrogens is 1. The average Bonchev–Trinajstić information content (AvgIpc) is 2.53. The average molecular weight is 209 g/mol. The van der Waals surface area contributed by atoms with Crippen LogP contribution in [-0.2, 0) is 4.79 Å². The number of carbonyl (C=O) groups is 1. The van der Waals surface area contributed by atoms with Crippen LogP contribution in [0.4, 0.5) is 0 Å². The first kappa shape index (κ1) is 10.2. The molecule has 1 fully saturated rings. The second-order valence-electron chi connectivity index (χ2n) is 4.01. The predicted octanol–water partition coefficient (Wildman–Crippen LogP) is 0.522. The Labute approximate surface area is 88.2 Å². The van der Waals surface area contributed by atoms with Gasteiger partial charge in [-0.3, -0.25) is 4.79 Å². The highest BCUT2D eigenvalue weighted by molar-refractivity contribution is 5.88. The van der Waals surface area contributed by atoms with E-state index >= 15 is 0 Å². The van der Waals surface area contributed by atoms with Crippen molar-refractivity contribution in [2.75, 3.05) is 6.54 Å². The number of aryl methyl sites for hydroxylation is 2. The van der Waals surface area contributed by atoms with Crippen molar-refractivity contribution >= 4 is 5.91 Å². The predicted molar refractivity (Wildman–Crippen MR) is 54.1 cm³/mol. The van der Waals surface area contributed by atoms with E-state index < -0.39 is 0 Å². The van der Waals surface area contributed by atoms with Gasteiger partial charge < -0.3 is 15.2 Å². The van der Waals surface area contributed by atoms with Crippen molar-refractivity contribution in [1.29, 1.82) is 0 Å². The van der Waals surface area contributed by atoms with Crippen LogP contribution < -0.4 is 5.73 Å². The maximum Gasteiger partial charge on any atom is 0.241 e. The van der Waals surface area contributed by atoms with Crippen LogP contribution >= 0.6 is 0 Å². The zero-order chi connectivity index (χ0) is 11.2. The van der Waals surface area contributed by atoms with Gasteiger partial charge in [0.2, 0.25) is 5.91 Å². The number of carbonyl (C=O) groups excluding carboxylic acids is 1. The lowest BCUT2D eigenvalue weighted by Crippen LogP contribution is -2.61. The number of rotatable bonds is 2. The van der Waals surface area contributed by atoms with E-state index in [1.807, 2.05) is 20.8 Å². The molecule has 15 heavy (non-hydrogen) atoms. The summed E-state index contributed by atoms with van der Waals surface area (Å²) in [6, 6.07) is -0.323. The van der Waals surface area contributed by atoms with Gasteiger partial charge in [0, 0.05) is 12.1 Å². The van der Waals surface area contributed by atoms with Gasteiger partial charge in [-0.15, -0.1) is 0 Å². The second-order valence-corrected chi connectivity index (χ2v) is 4.01. The number of hydrogen-bond acceptors (Lipinski definition) is 4. The maximum atomic E-state index is 11.5. The summed E-state index contributed by atoms with van der Waals surface area (Å²) in [6.45, 7) is 6.32. The Morgan fingerprint density at radius 2 is 2.27 bits per heavy atom. The lowest BCUT2D eigenvalue weighted by Gasteiger charge is -2.40. The van der Waals surface area contributed by atoms with Gasteiger partial charge in [-0.25, -0.2) is 0 Å². The zero-order valence-electron chi connectivity index (χ0n) is 9.15. The van der Waals surface area contributed by atoms with E-state index in [0.29, 0.717) is 6.54 Å². The van der Waals surface area contributed by atoms with Crippen molar-refractivity contribution in [3.8, 4) is 0 Å². The fourth-order valence-electron chi connectivity index (χ4n) is 2.07. The highest BCUT2D eigenvalue weighted by atomic mass is 16.5. The van der Waals surface area contributed by atoms with E-state index in [1.54, 1.807) is 4.90 Å². The third-order valence-electron chi connectivity index (χ3n) is 2.97. The van der Waals surface area contributed by atoms with Gasteiger partial charge in [-0.1, -0.05) is 5.16 Å². The Morgan fingerprint density at radius 1 is 1.60 bits per heavy atom. The van der Waals surface area contributed by atoms with Crippen LogP contribution in [0.5, 0.6) is 0 Å². The van der Waals surface area contributed by atoms with Crippen LogP contribution in [0.1, 0.15) is 30.0 Å². The molecule has 1 aromatic heterocycles. The van der Waals surface area contributed by atoms with Crippen molar-refractivity contribution < 1.29 is 9.32 Å². The summed E-state index contributed by atoms with van der Waals surface area (Å²) in [5, 5.41) is 3.88. The molecular weight excluding hydrogens is 194 g/mol. The fraction of sp³-hybridized carbons (Fsp3) is 0.600. The second kappa shape index (κ2) is 3.34. The summed E-state index contributed by atoms with van der Waals surface area (Å²) < 4.78 is 5.08. The molecule has 0 saturated carbocycles. The molecule has 1 amide bonds. The Kier molecular flexibility index (Phi) is 2.26. The van der Waals surface area contributed by atoms with Crippen LogP contribution in [0.15, 0.2) is 4.52 Å². The zero-order valence-corrected chi connectivity index (χ0v) is 9.15. The van der Waals surface area contributed by atoms with Crippen molar-refractivity contribution in [3.05, 3.63) is 17.0 Å². The number of nitrogens with zero attached hydrogens (tertiary/aromatic N) is 2. The molecule has 0 bridgehead atoms. The quantitative estimate of drug-likeness (QED) is 0.721. The van der Waals surface area contributed by atoms with Crippen LogP contribution in [0.3, 0.4) is 0 Å². The standard InChI is InChI=1S/C10H15N3O2/c1-5-9(7(3)15-12-5)6(2)13-4-8(11)10(13)14/h6,8H,4,11H2,1-3H3. The summed E-state index contributed by atoms with van der Waals surface area (Å²) in [5.41, 5.74) is 7.39. The molecule has 2 rings (SSSR count). The summed E-state index contributed by atoms with van der Waals surface area (Å²) in [6.07, 6.45) is 0. The molecule has 1 saturated heterocycles. The fourth-order valence-corrected chi connectivity index (χ4v) is 2.07. The minimum Gasteiger partial charge on any atom is -0.361 e. The lowest BCUT2D eigenvalue weighted by atomic mass is 9.99. The lowest BCUT2D eigenvalue weighted by molar-refractivity contribution is -0.145. The molecule has 2 unspecified atom stereocenters. The van der Waals surface area contributed by atoms with Gasteiger partial charge in [0.15, 0.2) is 0 Å². The summed E-state index contributed by atoms with van der Waals surface area (Å²) in [5.74, 6) is 0.774. The minimum absolute atomic E-state index is 0.00231. The topological polar surface area (TPSA) is 72.4 Å². The molecule has 82 valence electrons. The molecule has 0 radical (unpaired) electrons. The van der Waals surface area contributed by atoms with Gasteiger partial charge in [0.1, 0.15) is 11.8 Å². The molecule has 2 N–H and O–H groups in total. The number of nitrogens with two attached hydrogens (primary N) is 1. The SMILES string of the molecule is Cc1noc(C)c1C(C)N1CC(N)C1=O. The molecule has 0 aliphatic carbocycles. The number of amides is 1. The van der Waals surface area contributed by atoms with Crippen LogP contribution in [0.2, 0.25) is 0 Å². The van der Waals surface area contributed by atoms with Gasteiger partial charge >= 0.3 is 0 Å². The van der Waals surface area contributed by atoms with E-state index in [2.05, 4.69) is 5.16 Å². The van der Waals surface area contributed by atoms with Gasteiger partial charge in [-0.2, -0.15) is 0 Å². The van der Waals surface area contributed by atoms with E-state index in [0.717, 1.165) is 17.0 Å². The van der Waals surface area contributed by atoms with Crippen molar-refractivity contribution in [3.63, 3.8) is 0 Å². The number of hydrogen-bond donors (Lipinski definition) is 1. The largest absolute Gasteiger partial charge is 0.361 e. The Morgan fingerprint density at radius 3 is 2.67 bits per heavy atom. The van der Waals surface area contributed by atoms with Crippen molar-refractivity contribution in [2.45, 2.75) is 32.9 Å². The van der Waals surface area contributed by atoms with Crippen molar-refractivity contribution in [1.82, 2.24) is 10.1 Å². The third-order valence-corrected chi connectivity index (χ3v) is 2.97. The monoisotopic (exact) mass is 209 g/mol. The van der Waals surface area contributed by atoms with Gasteiger partial charge in [0.05, 0.1) is 11.7 Å². The smallest absolute Gasteiger partial charge is 0.241 e. The molecular formula is C10H15N3O2. The molecule has 0 aromatic carbocycles. The van der Waals surface area contributed by atoms with Gasteiger partial charge in [-0.05, 0) is 20.8 Å². The van der Waals surface area contributed by atoms with Gasteiger partial charge in [0.25, 0.3) is 0 Å². The van der Waals surface area contributed by atoms with E-state index in [4.69, 9.17) is 10.3 Å². The Bertz CT molecular complexity index is 380. The van der Waals surface area contributed by atoms with E-state index in [-0.39, 0.29) is 18.0 Å². The van der Waals surface area contributed by atoms with Crippen LogP contribution in [0.25, 0.3) is 0 Å². The van der Waals surface area contributed by atoms with E-state index in [9.17, 15) is 4.79 Å².